The zero-order chi connectivity index (χ0) is 19.7. The van der Waals surface area contributed by atoms with Crippen LogP contribution in [0.1, 0.15) is 16.7 Å². The highest BCUT2D eigenvalue weighted by Crippen LogP contribution is 2.36. The molecule has 4 nitrogen and oxygen atoms in total. The number of fused-ring (bicyclic) bond motifs is 1. The van der Waals surface area contributed by atoms with Crippen LogP contribution in [0.5, 0.6) is 0 Å². The molecule has 2 aromatic rings. The van der Waals surface area contributed by atoms with E-state index in [4.69, 9.17) is 23.2 Å². The zero-order valence-electron chi connectivity index (χ0n) is 16.0. The van der Waals surface area contributed by atoms with Gasteiger partial charge in [0.15, 0.2) is 0 Å². The Morgan fingerprint density at radius 3 is 2.21 bits per heavy atom. The average molecular weight is 418 g/mol. The number of carbonyl (C=O) groups is 1. The first-order valence-corrected chi connectivity index (χ1v) is 10.5. The number of carbonyl (C=O) groups excluding carboxylic acids is 1. The molecule has 2 aliphatic rings. The van der Waals surface area contributed by atoms with Crippen molar-refractivity contribution in [2.24, 2.45) is 0 Å². The molecule has 1 heterocycles. The molecule has 1 saturated heterocycles. The summed E-state index contributed by atoms with van der Waals surface area (Å²) in [7, 11) is 1.88. The second-order valence-electron chi connectivity index (χ2n) is 7.83. The molecule has 0 saturated carbocycles. The maximum atomic E-state index is 13.8. The molecule has 1 aliphatic heterocycles. The van der Waals surface area contributed by atoms with Crippen LogP contribution < -0.4 is 5.32 Å². The van der Waals surface area contributed by atoms with Gasteiger partial charge in [0, 0.05) is 62.7 Å². The number of piperazine rings is 1. The number of amides is 1. The van der Waals surface area contributed by atoms with E-state index in [0.717, 1.165) is 44.6 Å². The Morgan fingerprint density at radius 1 is 1.07 bits per heavy atom. The van der Waals surface area contributed by atoms with Gasteiger partial charge < -0.3 is 10.2 Å². The predicted octanol–water partition coefficient (Wildman–Crippen LogP) is 3.39. The summed E-state index contributed by atoms with van der Waals surface area (Å²) in [5.41, 5.74) is 3.00. The molecule has 4 rings (SSSR count). The number of likely N-dealkylation sites (N-methyl/N-ethyl adjacent to an activating group) is 1. The lowest BCUT2D eigenvalue weighted by Crippen LogP contribution is -2.63. The number of benzene rings is 2. The summed E-state index contributed by atoms with van der Waals surface area (Å²) in [6, 6.07) is 13.9. The first-order chi connectivity index (χ1) is 13.5. The Balaban J connectivity index is 1.62. The molecule has 6 heteroatoms. The van der Waals surface area contributed by atoms with E-state index in [1.807, 2.05) is 24.1 Å². The van der Waals surface area contributed by atoms with E-state index in [2.05, 4.69) is 34.5 Å². The maximum Gasteiger partial charge on any atom is 0.243 e. The summed E-state index contributed by atoms with van der Waals surface area (Å²) >= 11 is 12.3. The predicted molar refractivity (Wildman–Crippen MR) is 114 cm³/mol. The Kier molecular flexibility index (Phi) is 5.66. The van der Waals surface area contributed by atoms with E-state index in [9.17, 15) is 4.79 Å². The fourth-order valence-electron chi connectivity index (χ4n) is 4.60. The summed E-state index contributed by atoms with van der Waals surface area (Å²) in [6.45, 7) is 4.09. The van der Waals surface area contributed by atoms with E-state index in [-0.39, 0.29) is 5.91 Å². The van der Waals surface area contributed by atoms with Gasteiger partial charge in [-0.25, -0.2) is 0 Å². The van der Waals surface area contributed by atoms with Crippen LogP contribution in [0.2, 0.25) is 10.0 Å². The third-order valence-electron chi connectivity index (χ3n) is 5.89. The van der Waals surface area contributed by atoms with E-state index in [1.165, 1.54) is 11.1 Å². The summed E-state index contributed by atoms with van der Waals surface area (Å²) in [5.74, 6) is 0.168. The fourth-order valence-corrected chi connectivity index (χ4v) is 5.17. The lowest BCUT2D eigenvalue weighted by atomic mass is 9.90. The number of halogens is 2. The van der Waals surface area contributed by atoms with Crippen molar-refractivity contribution < 1.29 is 4.79 Å². The van der Waals surface area contributed by atoms with Crippen LogP contribution in [0.3, 0.4) is 0 Å². The van der Waals surface area contributed by atoms with Crippen molar-refractivity contribution >= 4 is 29.1 Å². The van der Waals surface area contributed by atoms with Gasteiger partial charge in [-0.1, -0.05) is 47.5 Å². The van der Waals surface area contributed by atoms with Gasteiger partial charge in [-0.15, -0.1) is 0 Å². The van der Waals surface area contributed by atoms with Crippen molar-refractivity contribution in [3.8, 4) is 0 Å². The standard InChI is InChI=1S/C22H25Cl2N3O/c1-26(15-16-10-19(23)12-20(24)11-16)21(28)22(27-8-6-25-7-9-27)13-17-4-2-3-5-18(17)14-22/h2-5,10-12,25H,6-9,13-15H2,1H3. The number of nitrogens with zero attached hydrogens (tertiary/aromatic N) is 2. The Bertz CT molecular complexity index is 835. The monoisotopic (exact) mass is 417 g/mol. The molecule has 1 fully saturated rings. The smallest absolute Gasteiger partial charge is 0.243 e. The lowest BCUT2D eigenvalue weighted by molar-refractivity contribution is -0.144. The molecule has 28 heavy (non-hydrogen) atoms. The Labute approximate surface area is 176 Å². The van der Waals surface area contributed by atoms with Crippen molar-refractivity contribution in [3.05, 3.63) is 69.2 Å². The summed E-state index contributed by atoms with van der Waals surface area (Å²) < 4.78 is 0. The number of hydrogen-bond donors (Lipinski definition) is 1. The highest BCUT2D eigenvalue weighted by molar-refractivity contribution is 6.34. The third-order valence-corrected chi connectivity index (χ3v) is 6.33. The van der Waals surface area contributed by atoms with Crippen molar-refractivity contribution in [2.45, 2.75) is 24.9 Å². The van der Waals surface area contributed by atoms with Gasteiger partial charge in [0.2, 0.25) is 5.91 Å². The maximum absolute atomic E-state index is 13.8. The molecule has 0 aromatic heterocycles. The Morgan fingerprint density at radius 2 is 1.64 bits per heavy atom. The normalized spacial score (nSPS) is 18.7. The van der Waals surface area contributed by atoms with Crippen LogP contribution in [0.25, 0.3) is 0 Å². The fraction of sp³-hybridized carbons (Fsp3) is 0.409. The molecule has 148 valence electrons. The highest BCUT2D eigenvalue weighted by atomic mass is 35.5. The van der Waals surface area contributed by atoms with E-state index < -0.39 is 5.54 Å². The van der Waals surface area contributed by atoms with E-state index in [0.29, 0.717) is 16.6 Å². The van der Waals surface area contributed by atoms with Gasteiger partial charge in [-0.05, 0) is 34.9 Å². The topological polar surface area (TPSA) is 35.6 Å². The molecule has 2 aromatic carbocycles. The zero-order valence-corrected chi connectivity index (χ0v) is 17.6. The van der Waals surface area contributed by atoms with Gasteiger partial charge >= 0.3 is 0 Å². The van der Waals surface area contributed by atoms with E-state index >= 15 is 0 Å². The van der Waals surface area contributed by atoms with Gasteiger partial charge in [-0.3, -0.25) is 9.69 Å². The van der Waals surface area contributed by atoms with Crippen molar-refractivity contribution in [3.63, 3.8) is 0 Å². The second kappa shape index (κ2) is 8.03. The van der Waals surface area contributed by atoms with Gasteiger partial charge in [0.05, 0.1) is 0 Å². The first kappa shape index (κ1) is 19.7. The summed E-state index contributed by atoms with van der Waals surface area (Å²) in [6.07, 6.45) is 1.53. The lowest BCUT2D eigenvalue weighted by Gasteiger charge is -2.44. The van der Waals surface area contributed by atoms with Crippen LogP contribution >= 0.6 is 23.2 Å². The van der Waals surface area contributed by atoms with Crippen LogP contribution in [0.15, 0.2) is 42.5 Å². The van der Waals surface area contributed by atoms with E-state index in [1.54, 1.807) is 6.07 Å². The van der Waals surface area contributed by atoms with Crippen LogP contribution in [-0.2, 0) is 24.2 Å². The first-order valence-electron chi connectivity index (χ1n) is 9.71. The molecule has 1 N–H and O–H groups in total. The molecule has 0 atom stereocenters. The van der Waals surface area contributed by atoms with Crippen molar-refractivity contribution in [2.75, 3.05) is 33.2 Å². The van der Waals surface area contributed by atoms with Crippen molar-refractivity contribution in [1.82, 2.24) is 15.1 Å². The molecule has 0 spiro atoms. The number of nitrogens with one attached hydrogen (secondary N) is 1. The minimum atomic E-state index is -0.511. The molecule has 0 unspecified atom stereocenters. The minimum Gasteiger partial charge on any atom is -0.340 e. The molecule has 0 radical (unpaired) electrons. The molecule has 1 aliphatic carbocycles. The molecular formula is C22H25Cl2N3O. The summed E-state index contributed by atoms with van der Waals surface area (Å²) in [5, 5.41) is 4.58. The van der Waals surface area contributed by atoms with Crippen LogP contribution in [0.4, 0.5) is 0 Å². The van der Waals surface area contributed by atoms with Crippen LogP contribution in [-0.4, -0.2) is 54.5 Å². The quantitative estimate of drug-likeness (QED) is 0.827. The highest BCUT2D eigenvalue weighted by Gasteiger charge is 2.49. The third kappa shape index (κ3) is 3.79. The molecule has 1 amide bonds. The number of hydrogen-bond acceptors (Lipinski definition) is 3. The van der Waals surface area contributed by atoms with Gasteiger partial charge in [-0.2, -0.15) is 0 Å². The van der Waals surface area contributed by atoms with Gasteiger partial charge in [0.1, 0.15) is 5.54 Å². The summed E-state index contributed by atoms with van der Waals surface area (Å²) in [4.78, 5) is 18.0. The molecule has 0 bridgehead atoms. The second-order valence-corrected chi connectivity index (χ2v) is 8.70. The SMILES string of the molecule is CN(Cc1cc(Cl)cc(Cl)c1)C(=O)C1(N2CCNCC2)Cc2ccccc2C1. The minimum absolute atomic E-state index is 0.168. The Hall–Kier alpha value is -1.59. The van der Waals surface area contributed by atoms with Gasteiger partial charge in [0.25, 0.3) is 0 Å². The van der Waals surface area contributed by atoms with Crippen LogP contribution in [0, 0.1) is 0 Å². The largest absolute Gasteiger partial charge is 0.340 e. The number of rotatable bonds is 4. The van der Waals surface area contributed by atoms with Crippen molar-refractivity contribution in [1.29, 1.82) is 0 Å². The average Bonchev–Trinajstić information content (AvgIpc) is 3.08. The molecular weight excluding hydrogens is 393 g/mol.